The number of rotatable bonds is 5. The number of carbonyl (C=O) groups excluding carboxylic acids is 2. The van der Waals surface area contributed by atoms with Crippen molar-refractivity contribution in [3.63, 3.8) is 0 Å². The highest BCUT2D eigenvalue weighted by Crippen LogP contribution is 2.02. The average molecular weight is 193 g/mol. The van der Waals surface area contributed by atoms with Crippen LogP contribution in [-0.4, -0.2) is 17.3 Å². The first-order chi connectivity index (χ1) is 5.56. The minimum absolute atomic E-state index is 0.0524. The normalized spacial score (nSPS) is 12.2. The maximum Gasteiger partial charge on any atom is 0.306 e. The van der Waals surface area contributed by atoms with E-state index < -0.39 is 5.24 Å². The van der Waals surface area contributed by atoms with Gasteiger partial charge in [0.15, 0.2) is 0 Å². The molecule has 4 heteroatoms. The van der Waals surface area contributed by atoms with Gasteiger partial charge in [-0.25, -0.2) is 0 Å². The quantitative estimate of drug-likeness (QED) is 0.494. The summed E-state index contributed by atoms with van der Waals surface area (Å²) >= 11 is 5.05. The molecule has 0 aliphatic carbocycles. The molecule has 0 spiro atoms. The molecule has 0 amide bonds. The maximum absolute atomic E-state index is 10.9. The SMILES string of the molecule is CCC(C)OC(=O)CCC(=O)Cl. The third kappa shape index (κ3) is 6.16. The second kappa shape index (κ2) is 6.00. The highest BCUT2D eigenvalue weighted by molar-refractivity contribution is 6.63. The number of carbonyl (C=O) groups is 2. The van der Waals surface area contributed by atoms with Crippen molar-refractivity contribution >= 4 is 22.8 Å². The van der Waals surface area contributed by atoms with Gasteiger partial charge in [-0.05, 0) is 24.9 Å². The van der Waals surface area contributed by atoms with Gasteiger partial charge in [-0.1, -0.05) is 6.92 Å². The van der Waals surface area contributed by atoms with Gasteiger partial charge in [0.2, 0.25) is 5.24 Å². The van der Waals surface area contributed by atoms with Crippen LogP contribution >= 0.6 is 11.6 Å². The van der Waals surface area contributed by atoms with E-state index in [0.29, 0.717) is 0 Å². The smallest absolute Gasteiger partial charge is 0.306 e. The summed E-state index contributed by atoms with van der Waals surface area (Å²) in [6, 6.07) is 0. The Morgan fingerprint density at radius 1 is 1.42 bits per heavy atom. The molecule has 3 nitrogen and oxygen atoms in total. The van der Waals surface area contributed by atoms with E-state index in [0.717, 1.165) is 6.42 Å². The third-order valence-electron chi connectivity index (χ3n) is 1.43. The Balaban J connectivity index is 3.53. The first-order valence-corrected chi connectivity index (χ1v) is 4.31. The molecule has 0 aromatic rings. The molecule has 0 radical (unpaired) electrons. The van der Waals surface area contributed by atoms with Crippen LogP contribution in [0, 0.1) is 0 Å². The van der Waals surface area contributed by atoms with E-state index in [9.17, 15) is 9.59 Å². The maximum atomic E-state index is 10.9. The van der Waals surface area contributed by atoms with Crippen molar-refractivity contribution in [3.8, 4) is 0 Å². The fraction of sp³-hybridized carbons (Fsp3) is 0.750. The van der Waals surface area contributed by atoms with E-state index in [-0.39, 0.29) is 24.9 Å². The molecule has 70 valence electrons. The van der Waals surface area contributed by atoms with Gasteiger partial charge in [-0.3, -0.25) is 9.59 Å². The summed E-state index contributed by atoms with van der Waals surface area (Å²) in [6.45, 7) is 3.73. The molecule has 0 aliphatic rings. The minimum atomic E-state index is -0.504. The van der Waals surface area contributed by atoms with Crippen LogP contribution in [0.15, 0.2) is 0 Å². The number of hydrogen-bond donors (Lipinski definition) is 0. The first-order valence-electron chi connectivity index (χ1n) is 3.94. The lowest BCUT2D eigenvalue weighted by molar-refractivity contribution is -0.149. The molecule has 0 rings (SSSR count). The fourth-order valence-corrected chi connectivity index (χ4v) is 0.661. The lowest BCUT2D eigenvalue weighted by Gasteiger charge is -2.09. The van der Waals surface area contributed by atoms with Crippen molar-refractivity contribution in [1.82, 2.24) is 0 Å². The van der Waals surface area contributed by atoms with Gasteiger partial charge in [0.25, 0.3) is 0 Å². The standard InChI is InChI=1S/C8H13ClO3/c1-3-6(2)12-8(11)5-4-7(9)10/h6H,3-5H2,1-2H3. The van der Waals surface area contributed by atoms with Crippen LogP contribution in [0.1, 0.15) is 33.1 Å². The first kappa shape index (κ1) is 11.4. The van der Waals surface area contributed by atoms with Crippen LogP contribution in [0.2, 0.25) is 0 Å². The van der Waals surface area contributed by atoms with E-state index in [1.54, 1.807) is 6.92 Å². The topological polar surface area (TPSA) is 43.4 Å². The molecule has 12 heavy (non-hydrogen) atoms. The van der Waals surface area contributed by atoms with Crippen molar-refractivity contribution in [3.05, 3.63) is 0 Å². The van der Waals surface area contributed by atoms with Crippen LogP contribution in [0.25, 0.3) is 0 Å². The van der Waals surface area contributed by atoms with Crippen LogP contribution in [-0.2, 0) is 14.3 Å². The van der Waals surface area contributed by atoms with Crippen molar-refractivity contribution in [2.24, 2.45) is 0 Å². The van der Waals surface area contributed by atoms with Crippen LogP contribution < -0.4 is 0 Å². The summed E-state index contributed by atoms with van der Waals surface area (Å²) < 4.78 is 4.90. The van der Waals surface area contributed by atoms with Gasteiger partial charge in [-0.2, -0.15) is 0 Å². The Morgan fingerprint density at radius 3 is 2.42 bits per heavy atom. The Morgan fingerprint density at radius 2 is 2.00 bits per heavy atom. The molecule has 0 heterocycles. The second-order valence-electron chi connectivity index (χ2n) is 2.56. The van der Waals surface area contributed by atoms with Gasteiger partial charge in [0.1, 0.15) is 0 Å². The number of ether oxygens (including phenoxy) is 1. The summed E-state index contributed by atoms with van der Waals surface area (Å²) in [7, 11) is 0. The lowest BCUT2D eigenvalue weighted by atomic mass is 10.3. The van der Waals surface area contributed by atoms with Gasteiger partial charge < -0.3 is 4.74 Å². The van der Waals surface area contributed by atoms with Crippen molar-refractivity contribution in [2.45, 2.75) is 39.2 Å². The Labute approximate surface area is 77.0 Å². The Hall–Kier alpha value is -0.570. The molecule has 0 aromatic heterocycles. The highest BCUT2D eigenvalue weighted by atomic mass is 35.5. The summed E-state index contributed by atoms with van der Waals surface area (Å²) in [5.74, 6) is -0.363. The molecule has 0 N–H and O–H groups in total. The van der Waals surface area contributed by atoms with E-state index in [2.05, 4.69) is 0 Å². The largest absolute Gasteiger partial charge is 0.463 e. The van der Waals surface area contributed by atoms with Crippen molar-refractivity contribution in [2.75, 3.05) is 0 Å². The molecule has 0 aromatic carbocycles. The summed E-state index contributed by atoms with van der Waals surface area (Å²) in [5, 5.41) is -0.504. The third-order valence-corrected chi connectivity index (χ3v) is 1.62. The van der Waals surface area contributed by atoms with Crippen molar-refractivity contribution in [1.29, 1.82) is 0 Å². The number of esters is 1. The Bertz CT molecular complexity index is 168. The highest BCUT2D eigenvalue weighted by Gasteiger charge is 2.08. The average Bonchev–Trinajstić information content (AvgIpc) is 2.00. The lowest BCUT2D eigenvalue weighted by Crippen LogP contribution is -2.14. The second-order valence-corrected chi connectivity index (χ2v) is 2.99. The zero-order valence-electron chi connectivity index (χ0n) is 7.30. The predicted octanol–water partition coefficient (Wildman–Crippen LogP) is 1.87. The van der Waals surface area contributed by atoms with Crippen LogP contribution in [0.5, 0.6) is 0 Å². The number of halogens is 1. The van der Waals surface area contributed by atoms with Gasteiger partial charge in [0, 0.05) is 6.42 Å². The summed E-state index contributed by atoms with van der Waals surface area (Å²) in [6.07, 6.45) is 0.826. The van der Waals surface area contributed by atoms with Gasteiger partial charge in [-0.15, -0.1) is 0 Å². The molecule has 0 saturated carbocycles. The van der Waals surface area contributed by atoms with E-state index in [4.69, 9.17) is 16.3 Å². The fourth-order valence-electron chi connectivity index (χ4n) is 0.567. The van der Waals surface area contributed by atoms with Gasteiger partial charge in [0.05, 0.1) is 12.5 Å². The summed E-state index contributed by atoms with van der Waals surface area (Å²) in [5.41, 5.74) is 0. The molecule has 0 saturated heterocycles. The molecule has 0 aliphatic heterocycles. The van der Waals surface area contributed by atoms with E-state index in [1.165, 1.54) is 0 Å². The predicted molar refractivity (Wildman–Crippen MR) is 45.9 cm³/mol. The molecular formula is C8H13ClO3. The van der Waals surface area contributed by atoms with Crippen LogP contribution in [0.3, 0.4) is 0 Å². The van der Waals surface area contributed by atoms with Crippen molar-refractivity contribution < 1.29 is 14.3 Å². The van der Waals surface area contributed by atoms with E-state index in [1.807, 2.05) is 6.92 Å². The molecule has 1 unspecified atom stereocenters. The zero-order chi connectivity index (χ0) is 9.56. The molecule has 1 atom stereocenters. The molecular weight excluding hydrogens is 180 g/mol. The zero-order valence-corrected chi connectivity index (χ0v) is 8.06. The number of hydrogen-bond acceptors (Lipinski definition) is 3. The summed E-state index contributed by atoms with van der Waals surface area (Å²) in [4.78, 5) is 21.1. The monoisotopic (exact) mass is 192 g/mol. The van der Waals surface area contributed by atoms with Gasteiger partial charge >= 0.3 is 5.97 Å². The Kier molecular flexibility index (Phi) is 5.72. The van der Waals surface area contributed by atoms with E-state index >= 15 is 0 Å². The molecule has 0 fully saturated rings. The van der Waals surface area contributed by atoms with Crippen LogP contribution in [0.4, 0.5) is 0 Å². The molecule has 0 bridgehead atoms. The minimum Gasteiger partial charge on any atom is -0.463 e.